The predicted molar refractivity (Wildman–Crippen MR) is 346 cm³/mol. The number of carbonyl (C=O) groups excluding carboxylic acids is 6. The van der Waals surface area contributed by atoms with E-state index in [-0.39, 0.29) is 128 Å². The molecular formula is C68H95ClN6O9Y3-6. The smallest absolute Gasteiger partial charge is 0.342 e. The Kier molecular flexibility index (Phi) is 97.7. The van der Waals surface area contributed by atoms with E-state index in [1.807, 2.05) is 153 Å². The molecule has 0 aliphatic carbocycles. The number of ether oxygens (including phenoxy) is 1. The Morgan fingerprint density at radius 3 is 0.920 bits per heavy atom. The summed E-state index contributed by atoms with van der Waals surface area (Å²) in [6.45, 7) is 46.8. The Morgan fingerprint density at radius 2 is 0.759 bits per heavy atom. The first-order valence-electron chi connectivity index (χ1n) is 26.8. The number of aromatic nitrogens is 3. The summed E-state index contributed by atoms with van der Waals surface area (Å²) in [7, 11) is 0. The topological polar surface area (TPSA) is 262 Å². The van der Waals surface area contributed by atoms with Crippen LogP contribution in [0.15, 0.2) is 114 Å². The van der Waals surface area contributed by atoms with E-state index < -0.39 is 18.2 Å². The molecule has 0 saturated carbocycles. The van der Waals surface area contributed by atoms with Gasteiger partial charge in [0, 0.05) is 129 Å². The molecule has 0 spiro atoms. The van der Waals surface area contributed by atoms with Crippen LogP contribution in [0.4, 0.5) is 0 Å². The summed E-state index contributed by atoms with van der Waals surface area (Å²) in [6, 6.07) is 37.7. The molecule has 2 N–H and O–H groups in total. The van der Waals surface area contributed by atoms with Crippen LogP contribution in [-0.4, -0.2) is 66.0 Å². The molecule has 0 fully saturated rings. The van der Waals surface area contributed by atoms with Gasteiger partial charge < -0.3 is 60.3 Å². The Morgan fingerprint density at radius 1 is 0.540 bits per heavy atom. The number of fused-ring (bicyclic) bond motifs is 3. The van der Waals surface area contributed by atoms with Crippen LogP contribution in [0.1, 0.15) is 182 Å². The molecule has 1 aliphatic rings. The van der Waals surface area contributed by atoms with Crippen LogP contribution in [0.2, 0.25) is 0 Å². The third kappa shape index (κ3) is 58.6. The van der Waals surface area contributed by atoms with E-state index in [1.54, 1.807) is 55.4 Å². The summed E-state index contributed by atoms with van der Waals surface area (Å²) < 4.78 is 4.23. The first-order valence-corrected chi connectivity index (χ1v) is 27.2. The first-order chi connectivity index (χ1) is 39.6. The Hall–Kier alpha value is -4.82. The summed E-state index contributed by atoms with van der Waals surface area (Å²) in [5.74, 6) is -0.657. The second-order valence-corrected chi connectivity index (χ2v) is 14.6. The number of benzene rings is 3. The monoisotopic (exact) mass is 1440 g/mol. The molecule has 3 aromatic heterocycles. The van der Waals surface area contributed by atoms with Crippen LogP contribution >= 0.6 is 11.6 Å². The maximum absolute atomic E-state index is 11.0. The minimum absolute atomic E-state index is 0. The number of pyridine rings is 3. The molecule has 1 aliphatic heterocycles. The molecule has 7 rings (SSSR count). The second-order valence-electron chi connectivity index (χ2n) is 14.1. The molecule has 0 unspecified atom stereocenters. The molecule has 0 atom stereocenters. The van der Waals surface area contributed by atoms with Gasteiger partial charge in [-0.3, -0.25) is 9.59 Å². The molecule has 0 amide bonds. The number of hydrogen-bond donors (Lipinski definition) is 2. The average molecular weight is 1440 g/mol. The van der Waals surface area contributed by atoms with Crippen molar-refractivity contribution in [2.24, 2.45) is 0 Å². The average Bonchev–Trinajstić information content (AvgIpc) is 3.99. The largest absolute Gasteiger partial charge is 0.386 e. The summed E-state index contributed by atoms with van der Waals surface area (Å²) in [4.78, 5) is 72.7. The molecule has 4 heterocycles. The summed E-state index contributed by atoms with van der Waals surface area (Å²) >= 11 is 4.64. The van der Waals surface area contributed by atoms with Gasteiger partial charge >= 0.3 is 11.9 Å². The van der Waals surface area contributed by atoms with Crippen LogP contribution in [0.25, 0.3) is 32.7 Å². The van der Waals surface area contributed by atoms with Crippen LogP contribution in [-0.2, 0) is 132 Å². The number of hydrogen-bond acceptors (Lipinski definition) is 15. The number of cyclic esters (lactones) is 2. The number of Topliss-reactive ketones (excluding diaryl/α,β-unsaturated/α-hetero) is 3. The third-order valence-corrected chi connectivity index (χ3v) is 8.46. The number of ketones is 3. The zero-order chi connectivity index (χ0) is 66.6. The Bertz CT molecular complexity index is 2690. The van der Waals surface area contributed by atoms with E-state index in [0.717, 1.165) is 32.7 Å². The standard InChI is InChI=1S/3C10H5N2.C8H14O3.C6H6O3.C4H8O.C3H6O.C2H3ClO.4C2H6.3C2H5.CH4.3Y/c3*11-6-8-5-9-3-1-2-4-10(9)12-7-8;1-4-7(9)5(2)6(3)8(10)11;1-3-4(2)6(8)9-5(3)7;1-3-4(2)5;1-3(2)4;1-2(3)4;7*1-2;;;;/h3*1-4,7H;8,10-11H,4H2,1-3H3;1-2H3;3H2,1-2H3;1-2H3;1H3;4*1-2H3;3*1H2,2H3;1H4;;;/q3*-1;;;;;;;;;;3*-1;;;;/b;;;6-5-;;;;;;;;;;;;;;;. The summed E-state index contributed by atoms with van der Waals surface area (Å²) in [6.07, 6.45) is 4.15. The van der Waals surface area contributed by atoms with Gasteiger partial charge in [0.1, 0.15) is 11.6 Å². The molecule has 15 nitrogen and oxygen atoms in total. The molecule has 473 valence electrons. The molecule has 6 aromatic rings. The number of aliphatic hydroxyl groups is 2. The first kappa shape index (κ1) is 110. The Labute approximate surface area is 604 Å². The SMILES string of the molecule is C.CC.CC.CC.CC.CC(=O)Cl.CC(C)=O.CC1=C(C)C(=O)OC1=O.CCC(=O)/C(C)=C(/C)C(O)O.CCC(C)=O.N#Cc1[c-]c2ccccc2nc1.N#Cc1[c-]c2ccccc2nc1.N#Cc1[c-]c2ccccc2nc1.[CH2-]C.[CH2-]C.[CH2-]C.[Y].[Y].[Y]. The molecule has 3 radical (unpaired) electrons. The third-order valence-electron chi connectivity index (χ3n) is 8.46. The minimum atomic E-state index is -1.51. The second kappa shape index (κ2) is 77.3. The number of nitrogens with zero attached hydrogens (tertiary/aromatic N) is 6. The maximum Gasteiger partial charge on any atom is 0.342 e. The number of nitriles is 3. The summed E-state index contributed by atoms with van der Waals surface area (Å²) in [5.41, 5.74) is 5.67. The molecule has 19 heteroatoms. The van der Waals surface area contributed by atoms with Crippen LogP contribution < -0.4 is 0 Å². The van der Waals surface area contributed by atoms with Crippen molar-refractivity contribution >= 4 is 78.8 Å². The molecule has 0 bridgehead atoms. The van der Waals surface area contributed by atoms with Gasteiger partial charge in [-0.25, -0.2) is 25.4 Å². The number of halogens is 1. The van der Waals surface area contributed by atoms with Gasteiger partial charge in [0.25, 0.3) is 0 Å². The number of allylic oxidation sites excluding steroid dienone is 1. The van der Waals surface area contributed by atoms with Crippen molar-refractivity contribution in [2.75, 3.05) is 0 Å². The minimum Gasteiger partial charge on any atom is -0.386 e. The quantitative estimate of drug-likeness (QED) is 0.0415. The fourth-order valence-electron chi connectivity index (χ4n) is 4.40. The van der Waals surface area contributed by atoms with E-state index in [1.165, 1.54) is 46.3 Å². The number of rotatable bonds is 4. The number of esters is 2. The number of aliphatic hydroxyl groups excluding tert-OH is 1. The van der Waals surface area contributed by atoms with Crippen LogP contribution in [0, 0.1) is 73.0 Å². The fraction of sp³-hybridized carbons (Fsp3) is 0.368. The van der Waals surface area contributed by atoms with E-state index in [4.69, 9.17) is 26.0 Å². The molecule has 0 saturated heterocycles. The van der Waals surface area contributed by atoms with Crippen molar-refractivity contribution in [3.05, 3.63) is 169 Å². The van der Waals surface area contributed by atoms with Crippen molar-refractivity contribution in [3.63, 3.8) is 0 Å². The zero-order valence-electron chi connectivity index (χ0n) is 54.8. The van der Waals surface area contributed by atoms with Crippen molar-refractivity contribution in [2.45, 2.75) is 172 Å². The van der Waals surface area contributed by atoms with Gasteiger partial charge in [0.2, 0.25) is 5.24 Å². The van der Waals surface area contributed by atoms with E-state index in [0.29, 0.717) is 51.8 Å². The summed E-state index contributed by atoms with van der Waals surface area (Å²) in [5, 5.41) is 45.4. The zero-order valence-corrected chi connectivity index (χ0v) is 64.1. The van der Waals surface area contributed by atoms with Gasteiger partial charge in [0.15, 0.2) is 12.1 Å². The van der Waals surface area contributed by atoms with Gasteiger partial charge in [-0.2, -0.15) is 20.8 Å². The number of carbonyl (C=O) groups is 6. The van der Waals surface area contributed by atoms with E-state index in [9.17, 15) is 28.8 Å². The Balaban J connectivity index is -0.0000000728. The van der Waals surface area contributed by atoms with Gasteiger partial charge in [-0.15, -0.1) is 36.4 Å². The van der Waals surface area contributed by atoms with Crippen molar-refractivity contribution in [1.29, 1.82) is 15.8 Å². The predicted octanol–water partition coefficient (Wildman–Crippen LogP) is 16.3. The molecule has 87 heavy (non-hydrogen) atoms. The van der Waals surface area contributed by atoms with Crippen molar-refractivity contribution in [3.8, 4) is 18.2 Å². The van der Waals surface area contributed by atoms with Crippen molar-refractivity contribution < 1.29 is 142 Å². The number of para-hydroxylation sites is 3. The normalized spacial score (nSPS) is 9.11. The van der Waals surface area contributed by atoms with Crippen LogP contribution in [0.5, 0.6) is 0 Å². The molecule has 3 aromatic carbocycles. The van der Waals surface area contributed by atoms with Crippen molar-refractivity contribution in [1.82, 2.24) is 15.0 Å². The van der Waals surface area contributed by atoms with E-state index in [2.05, 4.69) is 70.3 Å². The van der Waals surface area contributed by atoms with Gasteiger partial charge in [0.05, 0.1) is 0 Å². The van der Waals surface area contributed by atoms with E-state index >= 15 is 0 Å². The molecular weight excluding hydrogens is 1350 g/mol. The van der Waals surface area contributed by atoms with Crippen LogP contribution in [0.3, 0.4) is 0 Å². The van der Waals surface area contributed by atoms with Gasteiger partial charge in [-0.05, 0) is 141 Å². The van der Waals surface area contributed by atoms with Gasteiger partial charge in [-0.1, -0.05) is 147 Å². The maximum atomic E-state index is 11.0. The fourth-order valence-corrected chi connectivity index (χ4v) is 4.40.